The zero-order valence-corrected chi connectivity index (χ0v) is 12.1. The lowest BCUT2D eigenvalue weighted by atomic mass is 10.3. The van der Waals surface area contributed by atoms with E-state index >= 15 is 0 Å². The lowest BCUT2D eigenvalue weighted by Crippen LogP contribution is -2.12. The highest BCUT2D eigenvalue weighted by molar-refractivity contribution is 5.65. The fourth-order valence-electron chi connectivity index (χ4n) is 1.78. The van der Waals surface area contributed by atoms with Gasteiger partial charge >= 0.3 is 0 Å². The molecule has 112 valence electrons. The first-order valence-corrected chi connectivity index (χ1v) is 6.59. The summed E-state index contributed by atoms with van der Waals surface area (Å²) >= 11 is 0. The SMILES string of the molecule is CCOCc1nc(NN)cc(Nc2ccccc2OC)n1. The number of nitrogens with zero attached hydrogens (tertiary/aromatic N) is 2. The van der Waals surface area contributed by atoms with Gasteiger partial charge in [-0.1, -0.05) is 12.1 Å². The molecule has 0 aliphatic heterocycles. The minimum atomic E-state index is 0.326. The Hall–Kier alpha value is -2.38. The van der Waals surface area contributed by atoms with E-state index in [2.05, 4.69) is 20.7 Å². The predicted molar refractivity (Wildman–Crippen MR) is 81.4 cm³/mol. The number of anilines is 3. The van der Waals surface area contributed by atoms with E-state index in [4.69, 9.17) is 15.3 Å². The number of nitrogen functional groups attached to an aromatic ring is 1. The van der Waals surface area contributed by atoms with Gasteiger partial charge in [-0.25, -0.2) is 15.8 Å². The van der Waals surface area contributed by atoms with Crippen molar-refractivity contribution in [3.63, 3.8) is 0 Å². The molecule has 7 heteroatoms. The maximum absolute atomic E-state index is 5.43. The van der Waals surface area contributed by atoms with Crippen molar-refractivity contribution in [2.24, 2.45) is 5.84 Å². The molecule has 4 N–H and O–H groups in total. The van der Waals surface area contributed by atoms with Crippen LogP contribution in [0.5, 0.6) is 5.75 Å². The molecule has 2 aromatic rings. The maximum atomic E-state index is 5.43. The number of nitrogens with one attached hydrogen (secondary N) is 2. The summed E-state index contributed by atoms with van der Waals surface area (Å²) < 4.78 is 10.6. The van der Waals surface area contributed by atoms with Gasteiger partial charge in [0.2, 0.25) is 0 Å². The number of rotatable bonds is 7. The third-order valence-electron chi connectivity index (χ3n) is 2.73. The molecule has 0 fully saturated rings. The molecule has 7 nitrogen and oxygen atoms in total. The molecule has 0 atom stereocenters. The third-order valence-corrected chi connectivity index (χ3v) is 2.73. The number of aromatic nitrogens is 2. The van der Waals surface area contributed by atoms with E-state index in [-0.39, 0.29) is 0 Å². The van der Waals surface area contributed by atoms with Crippen LogP contribution in [-0.4, -0.2) is 23.7 Å². The number of methoxy groups -OCH3 is 1. The zero-order valence-electron chi connectivity index (χ0n) is 12.1. The van der Waals surface area contributed by atoms with E-state index in [1.54, 1.807) is 13.2 Å². The van der Waals surface area contributed by atoms with Crippen LogP contribution in [-0.2, 0) is 11.3 Å². The van der Waals surface area contributed by atoms with Crippen LogP contribution in [0.2, 0.25) is 0 Å². The van der Waals surface area contributed by atoms with Crippen molar-refractivity contribution in [3.05, 3.63) is 36.2 Å². The van der Waals surface area contributed by atoms with E-state index in [1.807, 2.05) is 31.2 Å². The van der Waals surface area contributed by atoms with Gasteiger partial charge in [0, 0.05) is 12.7 Å². The van der Waals surface area contributed by atoms with Crippen molar-refractivity contribution < 1.29 is 9.47 Å². The molecule has 0 aliphatic rings. The van der Waals surface area contributed by atoms with Crippen LogP contribution in [0.4, 0.5) is 17.3 Å². The van der Waals surface area contributed by atoms with Crippen molar-refractivity contribution in [1.29, 1.82) is 0 Å². The molecule has 21 heavy (non-hydrogen) atoms. The normalized spacial score (nSPS) is 10.2. The van der Waals surface area contributed by atoms with Crippen LogP contribution in [0, 0.1) is 0 Å². The summed E-state index contributed by atoms with van der Waals surface area (Å²) in [6.45, 7) is 2.84. The number of hydrogen-bond donors (Lipinski definition) is 3. The average Bonchev–Trinajstić information content (AvgIpc) is 2.53. The molecule has 0 saturated heterocycles. The average molecular weight is 289 g/mol. The first kappa shape index (κ1) is 15.0. The van der Waals surface area contributed by atoms with Gasteiger partial charge in [0.25, 0.3) is 0 Å². The summed E-state index contributed by atoms with van der Waals surface area (Å²) in [7, 11) is 1.62. The van der Waals surface area contributed by atoms with Crippen molar-refractivity contribution in [3.8, 4) is 5.75 Å². The Kier molecular flexibility index (Phi) is 5.30. The second-order valence-corrected chi connectivity index (χ2v) is 4.16. The predicted octanol–water partition coefficient (Wildman–Crippen LogP) is 2.05. The third kappa shape index (κ3) is 4.04. The molecule has 1 aromatic carbocycles. The second-order valence-electron chi connectivity index (χ2n) is 4.16. The smallest absolute Gasteiger partial charge is 0.158 e. The number of ether oxygens (including phenoxy) is 2. The molecular formula is C14H19N5O2. The molecule has 0 unspecified atom stereocenters. The Morgan fingerprint density at radius 3 is 2.67 bits per heavy atom. The van der Waals surface area contributed by atoms with Crippen molar-refractivity contribution in [1.82, 2.24) is 9.97 Å². The zero-order chi connectivity index (χ0) is 15.1. The largest absolute Gasteiger partial charge is 0.495 e. The Morgan fingerprint density at radius 2 is 1.95 bits per heavy atom. The summed E-state index contributed by atoms with van der Waals surface area (Å²) in [5, 5.41) is 3.19. The van der Waals surface area contributed by atoms with Crippen LogP contribution < -0.4 is 21.3 Å². The molecule has 1 heterocycles. The van der Waals surface area contributed by atoms with Gasteiger partial charge in [-0.15, -0.1) is 0 Å². The van der Waals surface area contributed by atoms with E-state index in [1.165, 1.54) is 0 Å². The molecule has 0 spiro atoms. The highest BCUT2D eigenvalue weighted by Crippen LogP contribution is 2.26. The first-order valence-electron chi connectivity index (χ1n) is 6.59. The van der Waals surface area contributed by atoms with E-state index in [0.29, 0.717) is 30.7 Å². The van der Waals surface area contributed by atoms with Gasteiger partial charge in [-0.05, 0) is 19.1 Å². The van der Waals surface area contributed by atoms with Crippen molar-refractivity contribution in [2.45, 2.75) is 13.5 Å². The van der Waals surface area contributed by atoms with E-state index in [0.717, 1.165) is 11.4 Å². The molecule has 0 bridgehead atoms. The van der Waals surface area contributed by atoms with Gasteiger partial charge < -0.3 is 20.2 Å². The topological polar surface area (TPSA) is 94.3 Å². The Morgan fingerprint density at radius 1 is 1.19 bits per heavy atom. The van der Waals surface area contributed by atoms with Crippen LogP contribution >= 0.6 is 0 Å². The van der Waals surface area contributed by atoms with E-state index < -0.39 is 0 Å². The quantitative estimate of drug-likeness (QED) is 0.530. The fraction of sp³-hybridized carbons (Fsp3) is 0.286. The molecule has 0 amide bonds. The van der Waals surface area contributed by atoms with Crippen LogP contribution in [0.1, 0.15) is 12.7 Å². The fourth-order valence-corrected chi connectivity index (χ4v) is 1.78. The van der Waals surface area contributed by atoms with Gasteiger partial charge in [0.05, 0.1) is 12.8 Å². The van der Waals surface area contributed by atoms with Gasteiger partial charge in [0.15, 0.2) is 5.82 Å². The Balaban J connectivity index is 2.25. The van der Waals surface area contributed by atoms with Gasteiger partial charge in [-0.2, -0.15) is 0 Å². The standard InChI is InChI=1S/C14H19N5O2/c1-3-21-9-14-17-12(8-13(18-14)19-15)16-10-6-4-5-7-11(10)20-2/h4-8H,3,9,15H2,1-2H3,(H2,16,17,18,19). The summed E-state index contributed by atoms with van der Waals surface area (Å²) in [5.74, 6) is 7.82. The van der Waals surface area contributed by atoms with Gasteiger partial charge in [-0.3, -0.25) is 0 Å². The minimum Gasteiger partial charge on any atom is -0.495 e. The maximum Gasteiger partial charge on any atom is 0.158 e. The van der Waals surface area contributed by atoms with Crippen LogP contribution in [0.15, 0.2) is 30.3 Å². The first-order chi connectivity index (χ1) is 10.3. The summed E-state index contributed by atoms with van der Waals surface area (Å²) in [4.78, 5) is 8.62. The monoisotopic (exact) mass is 289 g/mol. The van der Waals surface area contributed by atoms with Crippen LogP contribution in [0.25, 0.3) is 0 Å². The lowest BCUT2D eigenvalue weighted by Gasteiger charge is -2.12. The molecular weight excluding hydrogens is 270 g/mol. The minimum absolute atomic E-state index is 0.326. The Labute approximate surface area is 123 Å². The second kappa shape index (κ2) is 7.41. The Bertz CT molecular complexity index is 591. The molecule has 0 radical (unpaired) electrons. The number of hydrogen-bond acceptors (Lipinski definition) is 7. The molecule has 2 rings (SSSR count). The van der Waals surface area contributed by atoms with Crippen molar-refractivity contribution >= 4 is 17.3 Å². The van der Waals surface area contributed by atoms with Crippen LogP contribution in [0.3, 0.4) is 0 Å². The highest BCUT2D eigenvalue weighted by atomic mass is 16.5. The summed E-state index contributed by atoms with van der Waals surface area (Å²) in [5.41, 5.74) is 3.33. The number of benzene rings is 1. The number of para-hydroxylation sites is 2. The lowest BCUT2D eigenvalue weighted by molar-refractivity contribution is 0.128. The summed E-state index contributed by atoms with van der Waals surface area (Å²) in [6.07, 6.45) is 0. The molecule has 1 aromatic heterocycles. The van der Waals surface area contributed by atoms with E-state index in [9.17, 15) is 0 Å². The van der Waals surface area contributed by atoms with Crippen molar-refractivity contribution in [2.75, 3.05) is 24.5 Å². The highest BCUT2D eigenvalue weighted by Gasteiger charge is 2.07. The van der Waals surface area contributed by atoms with Gasteiger partial charge in [0.1, 0.15) is 24.0 Å². The number of hydrazine groups is 1. The molecule has 0 saturated carbocycles. The molecule has 0 aliphatic carbocycles. The number of nitrogens with two attached hydrogens (primary N) is 1. The summed E-state index contributed by atoms with van der Waals surface area (Å²) in [6, 6.07) is 9.29.